The number of rotatable bonds is 2. The summed E-state index contributed by atoms with van der Waals surface area (Å²) in [6.45, 7) is 3.96. The van der Waals surface area contributed by atoms with Crippen LogP contribution in [-0.2, 0) is 7.05 Å². The van der Waals surface area contributed by atoms with E-state index in [1.807, 2.05) is 18.5 Å². The maximum absolute atomic E-state index is 9.39. The molecule has 5 heteroatoms. The Morgan fingerprint density at radius 2 is 2.00 bits per heavy atom. The highest BCUT2D eigenvalue weighted by Crippen LogP contribution is 2.29. The highest BCUT2D eigenvalue weighted by atomic mass is 79.9. The van der Waals surface area contributed by atoms with Crippen molar-refractivity contribution in [3.63, 3.8) is 0 Å². The van der Waals surface area contributed by atoms with E-state index in [9.17, 15) is 5.26 Å². The molecule has 1 saturated heterocycles. The third-order valence-electron chi connectivity index (χ3n) is 3.41. The first-order valence-electron chi connectivity index (χ1n) is 5.97. The van der Waals surface area contributed by atoms with E-state index in [-0.39, 0.29) is 6.04 Å². The van der Waals surface area contributed by atoms with Crippen LogP contribution in [-0.4, -0.2) is 27.5 Å². The second-order valence-electron chi connectivity index (χ2n) is 4.52. The van der Waals surface area contributed by atoms with E-state index in [2.05, 4.69) is 31.9 Å². The SMILES string of the molecule is Cc1nc(C(C#N)N2CCCCC2)c(Br)n1C. The zero-order valence-corrected chi connectivity index (χ0v) is 11.9. The van der Waals surface area contributed by atoms with E-state index in [4.69, 9.17) is 0 Å². The number of nitrogens with zero attached hydrogens (tertiary/aromatic N) is 4. The maximum atomic E-state index is 9.39. The van der Waals surface area contributed by atoms with Crippen molar-refractivity contribution in [2.24, 2.45) is 7.05 Å². The molecule has 1 atom stereocenters. The lowest BCUT2D eigenvalue weighted by Gasteiger charge is -2.29. The molecule has 0 spiro atoms. The molecule has 1 aromatic rings. The van der Waals surface area contributed by atoms with Crippen LogP contribution in [0.1, 0.15) is 36.8 Å². The van der Waals surface area contributed by atoms with Gasteiger partial charge in [0, 0.05) is 7.05 Å². The first-order chi connectivity index (χ1) is 8.15. The molecule has 1 aromatic heterocycles. The molecule has 1 aliphatic rings. The normalized spacial score (nSPS) is 18.9. The summed E-state index contributed by atoms with van der Waals surface area (Å²) in [6.07, 6.45) is 3.64. The summed E-state index contributed by atoms with van der Waals surface area (Å²) < 4.78 is 2.90. The predicted octanol–water partition coefficient (Wildman–Crippen LogP) is 2.54. The Bertz CT molecular complexity index is 440. The van der Waals surface area contributed by atoms with Gasteiger partial charge >= 0.3 is 0 Å². The minimum atomic E-state index is -0.218. The minimum absolute atomic E-state index is 0.218. The molecule has 1 unspecified atom stereocenters. The fraction of sp³-hybridized carbons (Fsp3) is 0.667. The summed E-state index contributed by atoms with van der Waals surface area (Å²) in [6, 6.07) is 2.17. The fourth-order valence-electron chi connectivity index (χ4n) is 2.28. The van der Waals surface area contributed by atoms with Crippen molar-refractivity contribution in [2.45, 2.75) is 32.2 Å². The van der Waals surface area contributed by atoms with Crippen molar-refractivity contribution in [1.29, 1.82) is 5.26 Å². The molecule has 92 valence electrons. The van der Waals surface area contributed by atoms with Gasteiger partial charge in [-0.25, -0.2) is 4.98 Å². The number of likely N-dealkylation sites (tertiary alicyclic amines) is 1. The van der Waals surface area contributed by atoms with Gasteiger partial charge in [-0.15, -0.1) is 0 Å². The largest absolute Gasteiger partial charge is 0.326 e. The summed E-state index contributed by atoms with van der Waals surface area (Å²) >= 11 is 3.53. The number of hydrogen-bond acceptors (Lipinski definition) is 3. The van der Waals surface area contributed by atoms with Gasteiger partial charge in [-0.3, -0.25) is 4.90 Å². The summed E-state index contributed by atoms with van der Waals surface area (Å²) in [4.78, 5) is 6.74. The summed E-state index contributed by atoms with van der Waals surface area (Å²) in [5.41, 5.74) is 0.856. The van der Waals surface area contributed by atoms with Crippen molar-refractivity contribution < 1.29 is 0 Å². The Hall–Kier alpha value is -0.860. The van der Waals surface area contributed by atoms with E-state index in [1.54, 1.807) is 0 Å². The molecular weight excluding hydrogens is 280 g/mol. The number of aryl methyl sites for hydroxylation is 1. The van der Waals surface area contributed by atoms with E-state index in [0.717, 1.165) is 29.2 Å². The smallest absolute Gasteiger partial charge is 0.143 e. The van der Waals surface area contributed by atoms with Crippen LogP contribution in [0.4, 0.5) is 0 Å². The molecule has 0 amide bonds. The second kappa shape index (κ2) is 5.19. The molecule has 0 aromatic carbocycles. The van der Waals surface area contributed by atoms with E-state index >= 15 is 0 Å². The standard InChI is InChI=1S/C12H17BrN4/c1-9-15-11(12(13)16(9)2)10(8-14)17-6-4-3-5-7-17/h10H,3-7H2,1-2H3. The van der Waals surface area contributed by atoms with Crippen molar-refractivity contribution in [2.75, 3.05) is 13.1 Å². The first-order valence-corrected chi connectivity index (χ1v) is 6.77. The van der Waals surface area contributed by atoms with Gasteiger partial charge in [0.2, 0.25) is 0 Å². The Morgan fingerprint density at radius 1 is 1.35 bits per heavy atom. The topological polar surface area (TPSA) is 44.9 Å². The van der Waals surface area contributed by atoms with Gasteiger partial charge < -0.3 is 4.57 Å². The molecule has 4 nitrogen and oxygen atoms in total. The molecule has 0 aliphatic carbocycles. The van der Waals surface area contributed by atoms with Gasteiger partial charge in [0.15, 0.2) is 0 Å². The van der Waals surface area contributed by atoms with Crippen molar-refractivity contribution >= 4 is 15.9 Å². The van der Waals surface area contributed by atoms with E-state index in [0.29, 0.717) is 0 Å². The van der Waals surface area contributed by atoms with Gasteiger partial charge in [0.25, 0.3) is 0 Å². The maximum Gasteiger partial charge on any atom is 0.143 e. The Kier molecular flexibility index (Phi) is 3.85. The molecule has 0 radical (unpaired) electrons. The Labute approximate surface area is 110 Å². The third kappa shape index (κ3) is 2.38. The van der Waals surface area contributed by atoms with Crippen molar-refractivity contribution in [3.05, 3.63) is 16.1 Å². The van der Waals surface area contributed by atoms with Crippen LogP contribution in [0.5, 0.6) is 0 Å². The zero-order chi connectivity index (χ0) is 12.4. The van der Waals surface area contributed by atoms with Crippen LogP contribution in [0, 0.1) is 18.3 Å². The number of hydrogen-bond donors (Lipinski definition) is 0. The summed E-state index contributed by atoms with van der Waals surface area (Å²) in [5.74, 6) is 0.934. The molecule has 2 rings (SSSR count). The molecule has 1 aliphatic heterocycles. The Morgan fingerprint density at radius 3 is 2.47 bits per heavy atom. The lowest BCUT2D eigenvalue weighted by Crippen LogP contribution is -2.33. The van der Waals surface area contributed by atoms with Crippen LogP contribution in [0.2, 0.25) is 0 Å². The lowest BCUT2D eigenvalue weighted by atomic mass is 10.1. The Balaban J connectivity index is 2.28. The lowest BCUT2D eigenvalue weighted by molar-refractivity contribution is 0.193. The number of halogens is 1. The van der Waals surface area contributed by atoms with Crippen LogP contribution in [0.25, 0.3) is 0 Å². The van der Waals surface area contributed by atoms with E-state index < -0.39 is 0 Å². The minimum Gasteiger partial charge on any atom is -0.326 e. The number of piperidine rings is 1. The first kappa shape index (κ1) is 12.6. The van der Waals surface area contributed by atoms with Crippen LogP contribution in [0.15, 0.2) is 4.60 Å². The highest BCUT2D eigenvalue weighted by molar-refractivity contribution is 9.10. The molecular formula is C12H17BrN4. The molecule has 0 N–H and O–H groups in total. The van der Waals surface area contributed by atoms with Gasteiger partial charge in [0.1, 0.15) is 22.2 Å². The molecule has 17 heavy (non-hydrogen) atoms. The second-order valence-corrected chi connectivity index (χ2v) is 5.27. The highest BCUT2D eigenvalue weighted by Gasteiger charge is 2.27. The monoisotopic (exact) mass is 296 g/mol. The number of aromatic nitrogens is 2. The van der Waals surface area contributed by atoms with Crippen LogP contribution < -0.4 is 0 Å². The van der Waals surface area contributed by atoms with Gasteiger partial charge in [-0.05, 0) is 48.8 Å². The third-order valence-corrected chi connectivity index (χ3v) is 4.35. The number of nitriles is 1. The fourth-order valence-corrected chi connectivity index (χ4v) is 2.84. The number of imidazole rings is 1. The van der Waals surface area contributed by atoms with Crippen molar-refractivity contribution in [3.8, 4) is 6.07 Å². The summed E-state index contributed by atoms with van der Waals surface area (Å²) in [5, 5.41) is 9.39. The van der Waals surface area contributed by atoms with Gasteiger partial charge in [0.05, 0.1) is 6.07 Å². The molecule has 0 saturated carbocycles. The van der Waals surface area contributed by atoms with Crippen LogP contribution in [0.3, 0.4) is 0 Å². The zero-order valence-electron chi connectivity index (χ0n) is 10.3. The quantitative estimate of drug-likeness (QED) is 0.842. The average molecular weight is 297 g/mol. The van der Waals surface area contributed by atoms with Crippen molar-refractivity contribution in [1.82, 2.24) is 14.5 Å². The average Bonchev–Trinajstić information content (AvgIpc) is 2.60. The van der Waals surface area contributed by atoms with E-state index in [1.165, 1.54) is 19.3 Å². The van der Waals surface area contributed by atoms with Gasteiger partial charge in [-0.1, -0.05) is 6.42 Å². The van der Waals surface area contributed by atoms with Gasteiger partial charge in [-0.2, -0.15) is 5.26 Å². The van der Waals surface area contributed by atoms with Crippen LogP contribution >= 0.6 is 15.9 Å². The molecule has 0 bridgehead atoms. The molecule has 2 heterocycles. The molecule has 1 fully saturated rings. The summed E-state index contributed by atoms with van der Waals surface area (Å²) in [7, 11) is 1.96. The predicted molar refractivity (Wildman–Crippen MR) is 69.4 cm³/mol.